The van der Waals surface area contributed by atoms with Gasteiger partial charge in [-0.05, 0) is 30.2 Å². The van der Waals surface area contributed by atoms with Crippen LogP contribution in [-0.4, -0.2) is 25.9 Å². The Morgan fingerprint density at radius 3 is 3.17 bits per heavy atom. The lowest BCUT2D eigenvalue weighted by Crippen LogP contribution is -2.33. The van der Waals surface area contributed by atoms with Crippen LogP contribution in [-0.2, 0) is 11.2 Å². The van der Waals surface area contributed by atoms with Crippen LogP contribution < -0.4 is 15.8 Å². The van der Waals surface area contributed by atoms with E-state index in [4.69, 9.17) is 15.2 Å². The Morgan fingerprint density at radius 1 is 1.61 bits per heavy atom. The molecule has 1 unspecified atom stereocenters. The molecule has 0 bridgehead atoms. The van der Waals surface area contributed by atoms with E-state index in [2.05, 4.69) is 5.32 Å². The first-order valence-corrected chi connectivity index (χ1v) is 6.13. The highest BCUT2D eigenvalue weighted by molar-refractivity contribution is 5.68. The van der Waals surface area contributed by atoms with Crippen LogP contribution in [0.1, 0.15) is 24.1 Å². The maximum Gasteiger partial charge on any atom is 0.407 e. The van der Waals surface area contributed by atoms with Gasteiger partial charge >= 0.3 is 6.09 Å². The molecule has 18 heavy (non-hydrogen) atoms. The summed E-state index contributed by atoms with van der Waals surface area (Å²) >= 11 is 0. The van der Waals surface area contributed by atoms with E-state index in [0.717, 1.165) is 29.9 Å². The monoisotopic (exact) mass is 250 g/mol. The Bertz CT molecular complexity index is 434. The van der Waals surface area contributed by atoms with Gasteiger partial charge in [-0.15, -0.1) is 0 Å². The van der Waals surface area contributed by atoms with Gasteiger partial charge in [0.05, 0.1) is 19.3 Å². The van der Waals surface area contributed by atoms with E-state index in [-0.39, 0.29) is 6.04 Å². The number of carbonyl (C=O) groups excluding carboxylic acids is 1. The average molecular weight is 250 g/mol. The Labute approximate surface area is 106 Å². The van der Waals surface area contributed by atoms with Crippen LogP contribution in [0.4, 0.5) is 4.79 Å². The lowest BCUT2D eigenvalue weighted by atomic mass is 10.0. The maximum atomic E-state index is 11.4. The number of nitrogens with one attached hydrogen (secondary N) is 1. The molecule has 1 aromatic carbocycles. The zero-order valence-corrected chi connectivity index (χ0v) is 10.4. The van der Waals surface area contributed by atoms with Gasteiger partial charge in [0.25, 0.3) is 0 Å². The van der Waals surface area contributed by atoms with Crippen molar-refractivity contribution in [2.24, 2.45) is 5.73 Å². The minimum Gasteiger partial charge on any atom is -0.493 e. The predicted molar refractivity (Wildman–Crippen MR) is 67.6 cm³/mol. The van der Waals surface area contributed by atoms with Gasteiger partial charge in [-0.2, -0.15) is 0 Å². The number of hydrogen-bond donors (Lipinski definition) is 2. The normalized spacial score (nSPS) is 14.6. The van der Waals surface area contributed by atoms with Crippen molar-refractivity contribution >= 4 is 6.09 Å². The van der Waals surface area contributed by atoms with E-state index in [1.54, 1.807) is 6.92 Å². The molecule has 5 heteroatoms. The zero-order valence-electron chi connectivity index (χ0n) is 10.4. The van der Waals surface area contributed by atoms with Crippen molar-refractivity contribution in [3.8, 4) is 5.75 Å². The highest BCUT2D eigenvalue weighted by Crippen LogP contribution is 2.27. The van der Waals surface area contributed by atoms with Crippen LogP contribution in [0.5, 0.6) is 5.75 Å². The van der Waals surface area contributed by atoms with Gasteiger partial charge in [0.15, 0.2) is 0 Å². The highest BCUT2D eigenvalue weighted by atomic mass is 16.5. The van der Waals surface area contributed by atoms with E-state index in [9.17, 15) is 4.79 Å². The van der Waals surface area contributed by atoms with Gasteiger partial charge in [-0.1, -0.05) is 6.07 Å². The number of ether oxygens (including phenoxy) is 2. The van der Waals surface area contributed by atoms with Crippen molar-refractivity contribution in [2.75, 3.05) is 19.8 Å². The van der Waals surface area contributed by atoms with Crippen LogP contribution in [0.25, 0.3) is 0 Å². The first kappa shape index (κ1) is 12.7. The minimum atomic E-state index is -0.440. The molecule has 2 rings (SSSR count). The number of rotatable bonds is 4. The molecule has 0 spiro atoms. The van der Waals surface area contributed by atoms with E-state index in [1.165, 1.54) is 0 Å². The smallest absolute Gasteiger partial charge is 0.407 e. The molecule has 0 aromatic heterocycles. The largest absolute Gasteiger partial charge is 0.493 e. The minimum absolute atomic E-state index is 0.227. The maximum absolute atomic E-state index is 11.4. The van der Waals surface area contributed by atoms with E-state index in [1.807, 2.05) is 18.2 Å². The standard InChI is InChI=1S/C13H18N2O3/c1-2-17-13(16)15-11(8-14)9-3-4-12-10(7-9)5-6-18-12/h3-4,7,11H,2,5-6,8,14H2,1H3,(H,15,16). The third-order valence-corrected chi connectivity index (χ3v) is 2.92. The molecule has 5 nitrogen and oxygen atoms in total. The number of fused-ring (bicyclic) bond motifs is 1. The lowest BCUT2D eigenvalue weighted by molar-refractivity contribution is 0.148. The number of hydrogen-bond acceptors (Lipinski definition) is 4. The second-order valence-corrected chi connectivity index (χ2v) is 4.12. The average Bonchev–Trinajstić information content (AvgIpc) is 2.83. The van der Waals surface area contributed by atoms with E-state index in [0.29, 0.717) is 13.2 Å². The predicted octanol–water partition coefficient (Wildman–Crippen LogP) is 1.37. The van der Waals surface area contributed by atoms with Crippen LogP contribution in [0.2, 0.25) is 0 Å². The summed E-state index contributed by atoms with van der Waals surface area (Å²) in [5, 5.41) is 2.75. The van der Waals surface area contributed by atoms with Crippen LogP contribution in [0, 0.1) is 0 Å². The van der Waals surface area contributed by atoms with Gasteiger partial charge in [-0.3, -0.25) is 0 Å². The van der Waals surface area contributed by atoms with Crippen LogP contribution in [0.15, 0.2) is 18.2 Å². The molecule has 1 aliphatic rings. The third-order valence-electron chi connectivity index (χ3n) is 2.92. The lowest BCUT2D eigenvalue weighted by Gasteiger charge is -2.17. The fourth-order valence-electron chi connectivity index (χ4n) is 2.02. The number of benzene rings is 1. The molecule has 0 saturated carbocycles. The molecule has 3 N–H and O–H groups in total. The first-order valence-electron chi connectivity index (χ1n) is 6.13. The fraction of sp³-hybridized carbons (Fsp3) is 0.462. The van der Waals surface area contributed by atoms with Crippen molar-refractivity contribution in [3.63, 3.8) is 0 Å². The van der Waals surface area contributed by atoms with Crippen molar-refractivity contribution < 1.29 is 14.3 Å². The molecular formula is C13H18N2O3. The molecule has 0 radical (unpaired) electrons. The van der Waals surface area contributed by atoms with Crippen LogP contribution in [0.3, 0.4) is 0 Å². The molecule has 1 amide bonds. The second-order valence-electron chi connectivity index (χ2n) is 4.12. The number of alkyl carbamates (subject to hydrolysis) is 1. The van der Waals surface area contributed by atoms with Crippen molar-refractivity contribution in [1.82, 2.24) is 5.32 Å². The summed E-state index contributed by atoms with van der Waals surface area (Å²) in [7, 11) is 0. The van der Waals surface area contributed by atoms with Gasteiger partial charge in [0.1, 0.15) is 5.75 Å². The van der Waals surface area contributed by atoms with E-state index < -0.39 is 6.09 Å². The molecule has 1 atom stereocenters. The summed E-state index contributed by atoms with van der Waals surface area (Å²) < 4.78 is 10.3. The first-order chi connectivity index (χ1) is 8.74. The summed E-state index contributed by atoms with van der Waals surface area (Å²) in [6.45, 7) is 3.17. The molecule has 1 aromatic rings. The molecule has 98 valence electrons. The van der Waals surface area contributed by atoms with Gasteiger partial charge in [-0.25, -0.2) is 4.79 Å². The van der Waals surface area contributed by atoms with Gasteiger partial charge < -0.3 is 20.5 Å². The zero-order chi connectivity index (χ0) is 13.0. The molecule has 0 saturated heterocycles. The second kappa shape index (κ2) is 5.73. The van der Waals surface area contributed by atoms with Crippen molar-refractivity contribution in [2.45, 2.75) is 19.4 Å². The number of nitrogens with two attached hydrogens (primary N) is 1. The molecular weight excluding hydrogens is 232 g/mol. The van der Waals surface area contributed by atoms with Crippen molar-refractivity contribution in [3.05, 3.63) is 29.3 Å². The van der Waals surface area contributed by atoms with Gasteiger partial charge in [0.2, 0.25) is 0 Å². The summed E-state index contributed by atoms with van der Waals surface area (Å²) in [4.78, 5) is 11.4. The fourth-order valence-corrected chi connectivity index (χ4v) is 2.02. The molecule has 1 aliphatic heterocycles. The Kier molecular flexibility index (Phi) is 4.04. The highest BCUT2D eigenvalue weighted by Gasteiger charge is 2.17. The Morgan fingerprint density at radius 2 is 2.44 bits per heavy atom. The molecule has 0 aliphatic carbocycles. The quantitative estimate of drug-likeness (QED) is 0.846. The van der Waals surface area contributed by atoms with E-state index >= 15 is 0 Å². The summed E-state index contributed by atoms with van der Waals surface area (Å²) in [5.74, 6) is 0.922. The topological polar surface area (TPSA) is 73.6 Å². The SMILES string of the molecule is CCOC(=O)NC(CN)c1ccc2c(c1)CCO2. The number of carbonyl (C=O) groups is 1. The Balaban J connectivity index is 2.10. The third kappa shape index (κ3) is 2.73. The molecule has 0 fully saturated rings. The molecule has 1 heterocycles. The van der Waals surface area contributed by atoms with Gasteiger partial charge in [0, 0.05) is 13.0 Å². The van der Waals surface area contributed by atoms with Crippen LogP contribution >= 0.6 is 0 Å². The summed E-state index contributed by atoms with van der Waals surface area (Å²) in [5.41, 5.74) is 7.84. The summed E-state index contributed by atoms with van der Waals surface area (Å²) in [6, 6.07) is 5.66. The summed E-state index contributed by atoms with van der Waals surface area (Å²) in [6.07, 6.45) is 0.463. The van der Waals surface area contributed by atoms with Crippen molar-refractivity contribution in [1.29, 1.82) is 0 Å². The number of amides is 1. The Hall–Kier alpha value is -1.75.